The monoisotopic (exact) mass is 417 g/mol. The van der Waals surface area contributed by atoms with Crippen molar-refractivity contribution in [2.24, 2.45) is 0 Å². The lowest BCUT2D eigenvalue weighted by Crippen LogP contribution is -2.44. The van der Waals surface area contributed by atoms with Gasteiger partial charge in [-0.3, -0.25) is 4.79 Å². The lowest BCUT2D eigenvalue weighted by atomic mass is 10.1. The Labute approximate surface area is 172 Å². The van der Waals surface area contributed by atoms with Gasteiger partial charge in [-0.1, -0.05) is 24.8 Å². The molecular formula is C21H27N3O4S. The van der Waals surface area contributed by atoms with E-state index in [-0.39, 0.29) is 6.54 Å². The lowest BCUT2D eigenvalue weighted by molar-refractivity contribution is -0.114. The number of hydrogen-bond donors (Lipinski definition) is 1. The van der Waals surface area contributed by atoms with Crippen LogP contribution in [0.3, 0.4) is 0 Å². The summed E-state index contributed by atoms with van der Waals surface area (Å²) in [5, 5.41) is 2.73. The van der Waals surface area contributed by atoms with Crippen LogP contribution in [0.4, 0.5) is 11.4 Å². The number of amides is 1. The van der Waals surface area contributed by atoms with Crippen molar-refractivity contribution in [1.82, 2.24) is 4.31 Å². The van der Waals surface area contributed by atoms with E-state index in [9.17, 15) is 13.2 Å². The summed E-state index contributed by atoms with van der Waals surface area (Å²) in [5.74, 6) is 0.200. The van der Waals surface area contributed by atoms with Crippen LogP contribution in [-0.2, 0) is 15.0 Å². The molecule has 156 valence electrons. The highest BCUT2D eigenvalue weighted by atomic mass is 32.2. The van der Waals surface area contributed by atoms with Crippen LogP contribution in [0.5, 0.6) is 5.75 Å². The predicted octanol–water partition coefficient (Wildman–Crippen LogP) is 3.12. The first-order chi connectivity index (χ1) is 13.6. The number of benzene rings is 2. The summed E-state index contributed by atoms with van der Waals surface area (Å²) in [7, 11) is -0.984. The minimum atomic E-state index is -3.86. The van der Waals surface area contributed by atoms with E-state index in [1.54, 1.807) is 36.4 Å². The zero-order chi connectivity index (χ0) is 21.6. The molecule has 2 aromatic carbocycles. The summed E-state index contributed by atoms with van der Waals surface area (Å²) in [6.07, 6.45) is 1.64. The molecule has 7 nitrogen and oxygen atoms in total. The highest BCUT2D eigenvalue weighted by Gasteiger charge is 2.28. The molecule has 0 bridgehead atoms. The van der Waals surface area contributed by atoms with Gasteiger partial charge in [0.1, 0.15) is 18.9 Å². The fourth-order valence-electron chi connectivity index (χ4n) is 2.60. The lowest BCUT2D eigenvalue weighted by Gasteiger charge is -2.28. The number of nitrogens with zero attached hydrogens (tertiary/aromatic N) is 2. The first-order valence-corrected chi connectivity index (χ1v) is 10.5. The van der Waals surface area contributed by atoms with Gasteiger partial charge in [-0.15, -0.1) is 0 Å². The van der Waals surface area contributed by atoms with Crippen LogP contribution in [0, 0.1) is 13.8 Å². The second-order valence-corrected chi connectivity index (χ2v) is 8.83. The maximum absolute atomic E-state index is 12.9. The largest absolute Gasteiger partial charge is 0.490 e. The summed E-state index contributed by atoms with van der Waals surface area (Å²) in [6.45, 7) is 7.32. The average Bonchev–Trinajstić information content (AvgIpc) is 2.67. The van der Waals surface area contributed by atoms with E-state index in [0.29, 0.717) is 23.7 Å². The highest BCUT2D eigenvalue weighted by Crippen LogP contribution is 2.25. The van der Waals surface area contributed by atoms with Crippen LogP contribution in [0.1, 0.15) is 11.1 Å². The Morgan fingerprint density at radius 3 is 2.38 bits per heavy atom. The topological polar surface area (TPSA) is 79.0 Å². The van der Waals surface area contributed by atoms with E-state index in [1.165, 1.54) is 14.1 Å². The number of nitrogens with one attached hydrogen (secondary N) is 1. The van der Waals surface area contributed by atoms with E-state index >= 15 is 0 Å². The van der Waals surface area contributed by atoms with Crippen molar-refractivity contribution in [3.05, 3.63) is 66.2 Å². The maximum atomic E-state index is 12.9. The molecule has 0 atom stereocenters. The van der Waals surface area contributed by atoms with Gasteiger partial charge in [0.25, 0.3) is 0 Å². The van der Waals surface area contributed by atoms with E-state index in [4.69, 9.17) is 4.74 Å². The molecule has 8 heteroatoms. The molecule has 1 amide bonds. The molecule has 0 heterocycles. The Morgan fingerprint density at radius 2 is 1.79 bits per heavy atom. The molecule has 0 unspecified atom stereocenters. The van der Waals surface area contributed by atoms with Crippen molar-refractivity contribution < 1.29 is 17.9 Å². The molecule has 0 saturated heterocycles. The molecular weight excluding hydrogens is 390 g/mol. The maximum Gasteiger partial charge on any atom is 0.304 e. The molecule has 2 rings (SSSR count). The zero-order valence-electron chi connectivity index (χ0n) is 17.2. The highest BCUT2D eigenvalue weighted by molar-refractivity contribution is 7.90. The number of carbonyl (C=O) groups is 1. The normalized spacial score (nSPS) is 11.2. The number of ether oxygens (including phenoxy) is 1. The van der Waals surface area contributed by atoms with Crippen LogP contribution in [0.2, 0.25) is 0 Å². The number of carbonyl (C=O) groups excluding carboxylic acids is 1. The van der Waals surface area contributed by atoms with Crippen molar-refractivity contribution in [3.63, 3.8) is 0 Å². The molecule has 0 aliphatic rings. The first kappa shape index (κ1) is 22.4. The van der Waals surface area contributed by atoms with E-state index < -0.39 is 16.1 Å². The Kier molecular flexibility index (Phi) is 7.41. The van der Waals surface area contributed by atoms with Crippen molar-refractivity contribution in [2.45, 2.75) is 13.8 Å². The van der Waals surface area contributed by atoms with Crippen LogP contribution < -0.4 is 14.4 Å². The molecule has 0 spiro atoms. The smallest absolute Gasteiger partial charge is 0.304 e. The second-order valence-electron chi connectivity index (χ2n) is 6.76. The number of anilines is 2. The third-order valence-corrected chi connectivity index (χ3v) is 5.97. The molecule has 29 heavy (non-hydrogen) atoms. The Hall–Kier alpha value is -2.84. The molecule has 0 aliphatic carbocycles. The summed E-state index contributed by atoms with van der Waals surface area (Å²) in [5.41, 5.74) is 2.68. The van der Waals surface area contributed by atoms with Gasteiger partial charge >= 0.3 is 10.2 Å². The van der Waals surface area contributed by atoms with E-state index in [2.05, 4.69) is 11.9 Å². The number of hydrogen-bond acceptors (Lipinski definition) is 4. The van der Waals surface area contributed by atoms with Crippen LogP contribution in [-0.4, -0.2) is 45.9 Å². The van der Waals surface area contributed by atoms with Crippen molar-refractivity contribution in [2.75, 3.05) is 36.9 Å². The molecule has 0 fully saturated rings. The van der Waals surface area contributed by atoms with E-state index in [0.717, 1.165) is 19.7 Å². The van der Waals surface area contributed by atoms with Crippen LogP contribution in [0.25, 0.3) is 0 Å². The first-order valence-electron chi connectivity index (χ1n) is 9.06. The van der Waals surface area contributed by atoms with Crippen molar-refractivity contribution in [3.8, 4) is 5.75 Å². The van der Waals surface area contributed by atoms with Gasteiger partial charge < -0.3 is 10.1 Å². The fraction of sp³-hybridized carbons (Fsp3) is 0.286. The van der Waals surface area contributed by atoms with Gasteiger partial charge in [0.2, 0.25) is 5.91 Å². The molecule has 0 saturated carbocycles. The van der Waals surface area contributed by atoms with Crippen LogP contribution >= 0.6 is 0 Å². The standard InChI is InChI=1S/C21H27N3O4S/c1-6-13-28-19-11-9-18(10-12-19)22-21(25)15-24(29(26,27)23(4)5)20-14-16(2)7-8-17(20)3/h6-12,14H,1,13,15H2,2-5H3,(H,22,25). The Bertz CT molecular complexity index is 970. The van der Waals surface area contributed by atoms with Crippen molar-refractivity contribution >= 4 is 27.5 Å². The minimum Gasteiger partial charge on any atom is -0.490 e. The van der Waals surface area contributed by atoms with Gasteiger partial charge in [-0.2, -0.15) is 12.7 Å². The molecule has 2 aromatic rings. The SMILES string of the molecule is C=CCOc1ccc(NC(=O)CN(c2cc(C)ccc2C)S(=O)(=O)N(C)C)cc1. The van der Waals surface area contributed by atoms with E-state index in [1.807, 2.05) is 26.0 Å². The molecule has 0 aliphatic heterocycles. The number of rotatable bonds is 9. The second kappa shape index (κ2) is 9.58. The third-order valence-electron chi connectivity index (χ3n) is 4.17. The van der Waals surface area contributed by atoms with Gasteiger partial charge in [-0.25, -0.2) is 4.31 Å². The van der Waals surface area contributed by atoms with Crippen molar-refractivity contribution in [1.29, 1.82) is 0 Å². The average molecular weight is 418 g/mol. The van der Waals surface area contributed by atoms with Gasteiger partial charge in [0.05, 0.1) is 5.69 Å². The van der Waals surface area contributed by atoms with Gasteiger partial charge in [-0.05, 0) is 55.3 Å². The summed E-state index contributed by atoms with van der Waals surface area (Å²) in [6, 6.07) is 12.3. The molecule has 0 aromatic heterocycles. The Morgan fingerprint density at radius 1 is 1.14 bits per heavy atom. The molecule has 0 radical (unpaired) electrons. The van der Waals surface area contributed by atoms with Gasteiger partial charge in [0, 0.05) is 19.8 Å². The zero-order valence-corrected chi connectivity index (χ0v) is 18.0. The predicted molar refractivity (Wildman–Crippen MR) is 117 cm³/mol. The Balaban J connectivity index is 2.23. The third kappa shape index (κ3) is 5.82. The van der Waals surface area contributed by atoms with Gasteiger partial charge in [0.15, 0.2) is 0 Å². The fourth-order valence-corrected chi connectivity index (χ4v) is 3.72. The summed E-state index contributed by atoms with van der Waals surface area (Å²) < 4.78 is 33.4. The summed E-state index contributed by atoms with van der Waals surface area (Å²) >= 11 is 0. The van der Waals surface area contributed by atoms with Crippen LogP contribution in [0.15, 0.2) is 55.1 Å². The quantitative estimate of drug-likeness (QED) is 0.636. The molecule has 1 N–H and O–H groups in total. The summed E-state index contributed by atoms with van der Waals surface area (Å²) in [4.78, 5) is 12.6. The number of aryl methyl sites for hydroxylation is 2. The minimum absolute atomic E-state index is 0.348.